The van der Waals surface area contributed by atoms with Gasteiger partial charge in [-0.25, -0.2) is 9.67 Å². The van der Waals surface area contributed by atoms with E-state index in [0.717, 1.165) is 38.3 Å². The first kappa shape index (κ1) is 18.6. The molecule has 2 aliphatic heterocycles. The van der Waals surface area contributed by atoms with E-state index in [1.54, 1.807) is 0 Å². The smallest absolute Gasteiger partial charge is 0.151 e. The molecule has 0 radical (unpaired) electrons. The summed E-state index contributed by atoms with van der Waals surface area (Å²) in [5.74, 6) is 2.81. The lowest BCUT2D eigenvalue weighted by Crippen LogP contribution is -2.35. The van der Waals surface area contributed by atoms with Crippen LogP contribution in [0.1, 0.15) is 54.9 Å². The van der Waals surface area contributed by atoms with E-state index in [4.69, 9.17) is 10.1 Å². The topological polar surface area (TPSA) is 37.2 Å². The van der Waals surface area contributed by atoms with Gasteiger partial charge < -0.3 is 9.80 Å². The highest BCUT2D eigenvalue weighted by Crippen LogP contribution is 2.30. The molecule has 3 heterocycles. The molecule has 1 aromatic heterocycles. The summed E-state index contributed by atoms with van der Waals surface area (Å²) in [6, 6.07) is 11.2. The van der Waals surface area contributed by atoms with Gasteiger partial charge in [0.05, 0.1) is 6.04 Å². The fraction of sp³-hybridized carbons (Fsp3) is 0.636. The molecule has 5 nitrogen and oxygen atoms in total. The molecule has 2 aliphatic rings. The Morgan fingerprint density at radius 3 is 2.44 bits per heavy atom. The minimum absolute atomic E-state index is 0.515. The molecule has 2 saturated heterocycles. The lowest BCUT2D eigenvalue weighted by Gasteiger charge is -2.33. The van der Waals surface area contributed by atoms with Crippen molar-refractivity contribution in [1.82, 2.24) is 24.6 Å². The molecule has 2 fully saturated rings. The lowest BCUT2D eigenvalue weighted by atomic mass is 9.96. The quantitative estimate of drug-likeness (QED) is 0.814. The van der Waals surface area contributed by atoms with Gasteiger partial charge in [0.25, 0.3) is 0 Å². The second kappa shape index (κ2) is 8.53. The van der Waals surface area contributed by atoms with Crippen molar-refractivity contribution >= 4 is 0 Å². The van der Waals surface area contributed by atoms with Crippen LogP contribution in [-0.2, 0) is 12.8 Å². The number of likely N-dealkylation sites (N-methyl/N-ethyl adjacent to an activating group) is 1. The van der Waals surface area contributed by atoms with Crippen LogP contribution in [0.2, 0.25) is 0 Å². The summed E-state index contributed by atoms with van der Waals surface area (Å²) in [7, 11) is 4.46. The Labute approximate surface area is 163 Å². The van der Waals surface area contributed by atoms with Crippen molar-refractivity contribution < 1.29 is 0 Å². The number of benzene rings is 1. The predicted octanol–water partition coefficient (Wildman–Crippen LogP) is 3.14. The molecular formula is C22H33N5. The normalized spacial score (nSPS) is 23.0. The average molecular weight is 368 g/mol. The van der Waals surface area contributed by atoms with Crippen LogP contribution in [0.5, 0.6) is 0 Å². The van der Waals surface area contributed by atoms with Crippen LogP contribution < -0.4 is 0 Å². The van der Waals surface area contributed by atoms with Crippen molar-refractivity contribution in [3.05, 3.63) is 47.5 Å². The maximum absolute atomic E-state index is 5.09. The minimum Gasteiger partial charge on any atom is -0.306 e. The number of hydrogen-bond donors (Lipinski definition) is 0. The van der Waals surface area contributed by atoms with Crippen LogP contribution in [-0.4, -0.2) is 64.8 Å². The number of nitrogens with zero attached hydrogens (tertiary/aromatic N) is 5. The molecule has 0 amide bonds. The highest BCUT2D eigenvalue weighted by Gasteiger charge is 2.29. The monoisotopic (exact) mass is 367 g/mol. The molecule has 2 aromatic rings. The molecule has 0 saturated carbocycles. The van der Waals surface area contributed by atoms with E-state index in [2.05, 4.69) is 58.9 Å². The molecule has 1 unspecified atom stereocenters. The first-order valence-electron chi connectivity index (χ1n) is 10.6. The number of hydrogen-bond acceptors (Lipinski definition) is 4. The number of piperidine rings is 2. The Kier molecular flexibility index (Phi) is 5.89. The summed E-state index contributed by atoms with van der Waals surface area (Å²) in [6.45, 7) is 4.64. The maximum Gasteiger partial charge on any atom is 0.151 e. The standard InChI is InChI=1S/C22H33N5/c1-25-15-12-20(13-16-25)27-22(19-9-6-14-26(2)17-19)23-21(24-27)11-10-18-7-4-3-5-8-18/h3-5,7-8,19-20H,6,9-17H2,1-2H3. The Morgan fingerprint density at radius 1 is 0.926 bits per heavy atom. The van der Waals surface area contributed by atoms with Gasteiger partial charge in [0.15, 0.2) is 5.82 Å². The molecule has 0 bridgehead atoms. The first-order chi connectivity index (χ1) is 13.2. The number of aryl methyl sites for hydroxylation is 2. The van der Waals surface area contributed by atoms with Crippen LogP contribution in [0.3, 0.4) is 0 Å². The van der Waals surface area contributed by atoms with Gasteiger partial charge in [0.1, 0.15) is 5.82 Å². The Balaban J connectivity index is 1.54. The third-order valence-electron chi connectivity index (χ3n) is 6.21. The number of likely N-dealkylation sites (tertiary alicyclic amines) is 2. The van der Waals surface area contributed by atoms with Crippen molar-refractivity contribution in [3.63, 3.8) is 0 Å². The summed E-state index contributed by atoms with van der Waals surface area (Å²) in [4.78, 5) is 9.97. The molecule has 0 aliphatic carbocycles. The second-order valence-corrected chi connectivity index (χ2v) is 8.45. The molecule has 0 N–H and O–H groups in total. The third kappa shape index (κ3) is 4.58. The van der Waals surface area contributed by atoms with Gasteiger partial charge in [-0.3, -0.25) is 0 Å². The Hall–Kier alpha value is -1.72. The number of rotatable bonds is 5. The molecule has 27 heavy (non-hydrogen) atoms. The summed E-state index contributed by atoms with van der Waals surface area (Å²) < 4.78 is 2.33. The Morgan fingerprint density at radius 2 is 1.70 bits per heavy atom. The van der Waals surface area contributed by atoms with Crippen LogP contribution in [0.15, 0.2) is 30.3 Å². The van der Waals surface area contributed by atoms with Gasteiger partial charge in [-0.05, 0) is 71.4 Å². The first-order valence-corrected chi connectivity index (χ1v) is 10.6. The van der Waals surface area contributed by atoms with Gasteiger partial charge in [0, 0.05) is 18.9 Å². The van der Waals surface area contributed by atoms with Crippen molar-refractivity contribution in [1.29, 1.82) is 0 Å². The van der Waals surface area contributed by atoms with Crippen LogP contribution in [0, 0.1) is 0 Å². The van der Waals surface area contributed by atoms with E-state index in [1.165, 1.54) is 43.6 Å². The molecule has 1 aromatic carbocycles. The SMILES string of the molecule is CN1CCC(n2nc(CCc3ccccc3)nc2C2CCCN(C)C2)CC1. The summed E-state index contributed by atoms with van der Waals surface area (Å²) in [6.07, 6.45) is 6.83. The zero-order valence-corrected chi connectivity index (χ0v) is 16.8. The van der Waals surface area contributed by atoms with Crippen LogP contribution >= 0.6 is 0 Å². The fourth-order valence-corrected chi connectivity index (χ4v) is 4.55. The molecule has 1 atom stereocenters. The average Bonchev–Trinajstić information content (AvgIpc) is 3.12. The van der Waals surface area contributed by atoms with Crippen LogP contribution in [0.4, 0.5) is 0 Å². The van der Waals surface area contributed by atoms with Gasteiger partial charge in [0.2, 0.25) is 0 Å². The predicted molar refractivity (Wildman–Crippen MR) is 109 cm³/mol. The van der Waals surface area contributed by atoms with Gasteiger partial charge in [-0.1, -0.05) is 30.3 Å². The molecule has 146 valence electrons. The molecule has 4 rings (SSSR count). The maximum atomic E-state index is 5.09. The summed E-state index contributed by atoms with van der Waals surface area (Å²) in [5, 5.41) is 5.04. The molecule has 5 heteroatoms. The van der Waals surface area contributed by atoms with Crippen molar-refractivity contribution in [2.45, 2.75) is 50.5 Å². The summed E-state index contributed by atoms with van der Waals surface area (Å²) >= 11 is 0. The van der Waals surface area contributed by atoms with E-state index < -0.39 is 0 Å². The highest BCUT2D eigenvalue weighted by atomic mass is 15.4. The van der Waals surface area contributed by atoms with E-state index in [9.17, 15) is 0 Å². The van der Waals surface area contributed by atoms with Crippen molar-refractivity contribution in [2.75, 3.05) is 40.3 Å². The van der Waals surface area contributed by atoms with E-state index in [1.807, 2.05) is 0 Å². The van der Waals surface area contributed by atoms with E-state index in [0.29, 0.717) is 12.0 Å². The zero-order chi connectivity index (χ0) is 18.6. The van der Waals surface area contributed by atoms with Crippen molar-refractivity contribution in [3.8, 4) is 0 Å². The summed E-state index contributed by atoms with van der Waals surface area (Å²) in [5.41, 5.74) is 1.37. The highest BCUT2D eigenvalue weighted by molar-refractivity contribution is 5.16. The molecule has 0 spiro atoms. The van der Waals surface area contributed by atoms with Gasteiger partial charge in [-0.15, -0.1) is 0 Å². The third-order valence-corrected chi connectivity index (χ3v) is 6.21. The largest absolute Gasteiger partial charge is 0.306 e. The lowest BCUT2D eigenvalue weighted by molar-refractivity contribution is 0.198. The number of aromatic nitrogens is 3. The van der Waals surface area contributed by atoms with Gasteiger partial charge >= 0.3 is 0 Å². The molecular weight excluding hydrogens is 334 g/mol. The zero-order valence-electron chi connectivity index (χ0n) is 16.8. The van der Waals surface area contributed by atoms with E-state index >= 15 is 0 Å². The fourth-order valence-electron chi connectivity index (χ4n) is 4.55. The van der Waals surface area contributed by atoms with Crippen LogP contribution in [0.25, 0.3) is 0 Å². The second-order valence-electron chi connectivity index (χ2n) is 8.45. The van der Waals surface area contributed by atoms with E-state index in [-0.39, 0.29) is 0 Å². The van der Waals surface area contributed by atoms with Crippen molar-refractivity contribution in [2.24, 2.45) is 0 Å². The van der Waals surface area contributed by atoms with Gasteiger partial charge in [-0.2, -0.15) is 5.10 Å². The Bertz CT molecular complexity index is 718. The minimum atomic E-state index is 0.515.